The summed E-state index contributed by atoms with van der Waals surface area (Å²) in [6.45, 7) is 7.89. The number of ether oxygens (including phenoxy) is 1. The lowest BCUT2D eigenvalue weighted by Gasteiger charge is -2.34. The average Bonchev–Trinajstić information content (AvgIpc) is 2.40. The van der Waals surface area contributed by atoms with Gasteiger partial charge in [0.15, 0.2) is 0 Å². The van der Waals surface area contributed by atoms with Crippen molar-refractivity contribution in [1.82, 2.24) is 10.2 Å². The second kappa shape index (κ2) is 7.46. The first-order chi connectivity index (χ1) is 8.78. The largest absolute Gasteiger partial charge is 0.381 e. The number of nitrogens with one attached hydrogen (secondary N) is 1. The molecule has 0 bridgehead atoms. The van der Waals surface area contributed by atoms with Gasteiger partial charge in [0.25, 0.3) is 0 Å². The average molecular weight is 254 g/mol. The van der Waals surface area contributed by atoms with E-state index in [0.29, 0.717) is 6.04 Å². The van der Waals surface area contributed by atoms with E-state index >= 15 is 0 Å². The molecule has 18 heavy (non-hydrogen) atoms. The molecule has 2 saturated heterocycles. The highest BCUT2D eigenvalue weighted by Crippen LogP contribution is 2.20. The third-order valence-corrected chi connectivity index (χ3v) is 4.54. The molecule has 2 rings (SSSR count). The summed E-state index contributed by atoms with van der Waals surface area (Å²) in [7, 11) is 2.27. The van der Waals surface area contributed by atoms with Crippen LogP contribution in [0.15, 0.2) is 0 Å². The monoisotopic (exact) mass is 254 g/mol. The lowest BCUT2D eigenvalue weighted by Crippen LogP contribution is -2.46. The Morgan fingerprint density at radius 2 is 2.11 bits per heavy atom. The predicted molar refractivity (Wildman–Crippen MR) is 75.8 cm³/mol. The molecule has 3 nitrogen and oxygen atoms in total. The highest BCUT2D eigenvalue weighted by Gasteiger charge is 2.22. The van der Waals surface area contributed by atoms with Crippen molar-refractivity contribution < 1.29 is 4.74 Å². The Bertz CT molecular complexity index is 229. The molecule has 3 heteroatoms. The number of hydrogen-bond donors (Lipinski definition) is 1. The van der Waals surface area contributed by atoms with Gasteiger partial charge in [0.05, 0.1) is 6.61 Å². The summed E-state index contributed by atoms with van der Waals surface area (Å²) in [6.07, 6.45) is 6.67. The Kier molecular flexibility index (Phi) is 5.93. The molecule has 2 aliphatic heterocycles. The summed E-state index contributed by atoms with van der Waals surface area (Å²) in [4.78, 5) is 2.51. The molecule has 106 valence electrons. The van der Waals surface area contributed by atoms with E-state index in [-0.39, 0.29) is 0 Å². The van der Waals surface area contributed by atoms with Crippen LogP contribution in [0, 0.1) is 11.8 Å². The zero-order valence-electron chi connectivity index (χ0n) is 12.2. The van der Waals surface area contributed by atoms with Gasteiger partial charge >= 0.3 is 0 Å². The molecule has 2 heterocycles. The minimum absolute atomic E-state index is 0.707. The summed E-state index contributed by atoms with van der Waals surface area (Å²) >= 11 is 0. The topological polar surface area (TPSA) is 24.5 Å². The normalized spacial score (nSPS) is 33.8. The molecule has 0 aromatic heterocycles. The van der Waals surface area contributed by atoms with Gasteiger partial charge in [0.1, 0.15) is 0 Å². The van der Waals surface area contributed by atoms with Crippen molar-refractivity contribution in [2.45, 2.75) is 45.1 Å². The highest BCUT2D eigenvalue weighted by molar-refractivity contribution is 4.80. The van der Waals surface area contributed by atoms with Crippen LogP contribution in [0.25, 0.3) is 0 Å². The molecule has 2 fully saturated rings. The number of hydrogen-bond acceptors (Lipinski definition) is 3. The standard InChI is InChI=1S/C15H30N2O/c1-3-13-6-7-16-15(9-13)11-17(2)10-14-5-4-8-18-12-14/h13-16H,3-12H2,1-2H3. The third kappa shape index (κ3) is 4.52. The fourth-order valence-electron chi connectivity index (χ4n) is 3.45. The summed E-state index contributed by atoms with van der Waals surface area (Å²) in [5, 5.41) is 3.68. The van der Waals surface area contributed by atoms with E-state index in [1.807, 2.05) is 0 Å². The lowest BCUT2D eigenvalue weighted by molar-refractivity contribution is 0.0401. The highest BCUT2D eigenvalue weighted by atomic mass is 16.5. The van der Waals surface area contributed by atoms with Gasteiger partial charge < -0.3 is 15.0 Å². The van der Waals surface area contributed by atoms with Gasteiger partial charge in [-0.15, -0.1) is 0 Å². The van der Waals surface area contributed by atoms with Gasteiger partial charge in [-0.05, 0) is 51.1 Å². The molecular formula is C15H30N2O. The summed E-state index contributed by atoms with van der Waals surface area (Å²) in [5.74, 6) is 1.71. The van der Waals surface area contributed by atoms with E-state index < -0.39 is 0 Å². The number of rotatable bonds is 5. The molecule has 0 radical (unpaired) electrons. The van der Waals surface area contributed by atoms with Gasteiger partial charge in [-0.3, -0.25) is 0 Å². The maximum Gasteiger partial charge on any atom is 0.0506 e. The molecule has 3 atom stereocenters. The number of likely N-dealkylation sites (N-methyl/N-ethyl adjacent to an activating group) is 1. The first-order valence-electron chi connectivity index (χ1n) is 7.77. The van der Waals surface area contributed by atoms with E-state index in [0.717, 1.165) is 25.0 Å². The maximum absolute atomic E-state index is 5.57. The van der Waals surface area contributed by atoms with Crippen molar-refractivity contribution in [2.75, 3.05) is 39.9 Å². The fourth-order valence-corrected chi connectivity index (χ4v) is 3.45. The van der Waals surface area contributed by atoms with Crippen LogP contribution in [0.4, 0.5) is 0 Å². The second-order valence-corrected chi connectivity index (χ2v) is 6.25. The van der Waals surface area contributed by atoms with Crippen molar-refractivity contribution in [3.63, 3.8) is 0 Å². The second-order valence-electron chi connectivity index (χ2n) is 6.25. The van der Waals surface area contributed by atoms with E-state index in [9.17, 15) is 0 Å². The van der Waals surface area contributed by atoms with Crippen molar-refractivity contribution in [3.05, 3.63) is 0 Å². The van der Waals surface area contributed by atoms with Gasteiger partial charge in [-0.25, -0.2) is 0 Å². The van der Waals surface area contributed by atoms with Crippen LogP contribution in [0.2, 0.25) is 0 Å². The van der Waals surface area contributed by atoms with Gasteiger partial charge in [0.2, 0.25) is 0 Å². The van der Waals surface area contributed by atoms with Crippen LogP contribution in [-0.2, 0) is 4.74 Å². The van der Waals surface area contributed by atoms with E-state index in [1.54, 1.807) is 0 Å². The van der Waals surface area contributed by atoms with Gasteiger partial charge in [-0.2, -0.15) is 0 Å². The summed E-state index contributed by atoms with van der Waals surface area (Å²) in [5.41, 5.74) is 0. The van der Waals surface area contributed by atoms with Crippen LogP contribution >= 0.6 is 0 Å². The molecule has 3 unspecified atom stereocenters. The third-order valence-electron chi connectivity index (χ3n) is 4.54. The van der Waals surface area contributed by atoms with Crippen LogP contribution < -0.4 is 5.32 Å². The SMILES string of the molecule is CCC1CCNC(CN(C)CC2CCCOC2)C1. The molecule has 0 spiro atoms. The van der Waals surface area contributed by atoms with Crippen LogP contribution in [-0.4, -0.2) is 50.8 Å². The van der Waals surface area contributed by atoms with Gasteiger partial charge in [-0.1, -0.05) is 13.3 Å². The van der Waals surface area contributed by atoms with E-state index in [4.69, 9.17) is 4.74 Å². The number of nitrogens with zero attached hydrogens (tertiary/aromatic N) is 1. The quantitative estimate of drug-likeness (QED) is 0.813. The molecule has 0 amide bonds. The minimum Gasteiger partial charge on any atom is -0.381 e. The first-order valence-corrected chi connectivity index (χ1v) is 7.77. The van der Waals surface area contributed by atoms with E-state index in [2.05, 4.69) is 24.2 Å². The van der Waals surface area contributed by atoms with Crippen molar-refractivity contribution in [2.24, 2.45) is 11.8 Å². The van der Waals surface area contributed by atoms with Crippen LogP contribution in [0.1, 0.15) is 39.0 Å². The Balaban J connectivity index is 1.67. The Morgan fingerprint density at radius 3 is 2.83 bits per heavy atom. The maximum atomic E-state index is 5.57. The molecule has 2 aliphatic rings. The van der Waals surface area contributed by atoms with Crippen molar-refractivity contribution >= 4 is 0 Å². The molecule has 0 aliphatic carbocycles. The first kappa shape index (κ1) is 14.3. The van der Waals surface area contributed by atoms with E-state index in [1.165, 1.54) is 51.7 Å². The minimum atomic E-state index is 0.707. The zero-order valence-corrected chi connectivity index (χ0v) is 12.2. The predicted octanol–water partition coefficient (Wildman–Crippen LogP) is 2.12. The molecule has 0 aromatic rings. The smallest absolute Gasteiger partial charge is 0.0506 e. The van der Waals surface area contributed by atoms with Crippen molar-refractivity contribution in [3.8, 4) is 0 Å². The summed E-state index contributed by atoms with van der Waals surface area (Å²) < 4.78 is 5.57. The molecule has 0 saturated carbocycles. The lowest BCUT2D eigenvalue weighted by atomic mass is 9.90. The van der Waals surface area contributed by atoms with Crippen molar-refractivity contribution in [1.29, 1.82) is 0 Å². The summed E-state index contributed by atoms with van der Waals surface area (Å²) in [6, 6.07) is 0.707. The Hall–Kier alpha value is -0.120. The van der Waals surface area contributed by atoms with Crippen LogP contribution in [0.3, 0.4) is 0 Å². The van der Waals surface area contributed by atoms with Crippen LogP contribution in [0.5, 0.6) is 0 Å². The molecule has 0 aromatic carbocycles. The zero-order chi connectivity index (χ0) is 12.8. The van der Waals surface area contributed by atoms with Gasteiger partial charge in [0, 0.05) is 25.7 Å². The number of piperidine rings is 1. The Labute approximate surface area is 112 Å². The molecular weight excluding hydrogens is 224 g/mol. The fraction of sp³-hybridized carbons (Fsp3) is 1.00. The Morgan fingerprint density at radius 1 is 1.22 bits per heavy atom. The molecule has 1 N–H and O–H groups in total.